The fourth-order valence-corrected chi connectivity index (χ4v) is 0.875. The van der Waals surface area contributed by atoms with Gasteiger partial charge in [-0.1, -0.05) is 6.07 Å². The summed E-state index contributed by atoms with van der Waals surface area (Å²) in [6.07, 6.45) is 1.65. The maximum atomic E-state index is 9.00. The van der Waals surface area contributed by atoms with Crippen molar-refractivity contribution in [1.82, 2.24) is 4.98 Å². The molecule has 0 atom stereocenters. The summed E-state index contributed by atoms with van der Waals surface area (Å²) in [4.78, 5) is 4.03. The van der Waals surface area contributed by atoms with Crippen LogP contribution in [0.5, 0.6) is 0 Å². The second-order valence-corrected chi connectivity index (χ2v) is 3.22. The van der Waals surface area contributed by atoms with Gasteiger partial charge in [0, 0.05) is 6.20 Å². The van der Waals surface area contributed by atoms with Crippen LogP contribution < -0.4 is 5.32 Å². The quantitative estimate of drug-likeness (QED) is 0.624. The number of aliphatic hydroxyl groups excluding tert-OH is 2. The Labute approximate surface area is 77.2 Å². The van der Waals surface area contributed by atoms with E-state index in [4.69, 9.17) is 10.2 Å². The van der Waals surface area contributed by atoms with Crippen LogP contribution in [0.2, 0.25) is 0 Å². The molecule has 0 amide bonds. The molecule has 1 heterocycles. The molecule has 1 rings (SSSR count). The fourth-order valence-electron chi connectivity index (χ4n) is 0.875. The highest BCUT2D eigenvalue weighted by molar-refractivity contribution is 5.36. The van der Waals surface area contributed by atoms with Gasteiger partial charge in [-0.3, -0.25) is 0 Å². The van der Waals surface area contributed by atoms with Gasteiger partial charge in [0.2, 0.25) is 0 Å². The van der Waals surface area contributed by atoms with Gasteiger partial charge in [-0.25, -0.2) is 4.98 Å². The minimum atomic E-state index is -0.714. The first-order chi connectivity index (χ1) is 6.20. The lowest BCUT2D eigenvalue weighted by Gasteiger charge is -2.26. The smallest absolute Gasteiger partial charge is 0.126 e. The van der Waals surface area contributed by atoms with E-state index in [1.807, 2.05) is 6.07 Å². The van der Waals surface area contributed by atoms with Gasteiger partial charge < -0.3 is 15.5 Å². The molecule has 3 N–H and O–H groups in total. The number of aliphatic hydroxyl groups is 2. The highest BCUT2D eigenvalue weighted by atomic mass is 16.3. The van der Waals surface area contributed by atoms with E-state index in [9.17, 15) is 0 Å². The summed E-state index contributed by atoms with van der Waals surface area (Å²) in [5.41, 5.74) is -0.714. The molecule has 0 aliphatic carbocycles. The van der Waals surface area contributed by atoms with Crippen molar-refractivity contribution in [3.05, 3.63) is 24.4 Å². The van der Waals surface area contributed by atoms with Crippen molar-refractivity contribution in [2.75, 3.05) is 18.5 Å². The molecule has 13 heavy (non-hydrogen) atoms. The molecule has 0 aliphatic heterocycles. The second kappa shape index (κ2) is 4.20. The molecule has 0 saturated carbocycles. The molecule has 0 radical (unpaired) electrons. The fraction of sp³-hybridized carbons (Fsp3) is 0.444. The number of nitrogens with one attached hydrogen (secondary N) is 1. The van der Waals surface area contributed by atoms with E-state index in [0.29, 0.717) is 5.82 Å². The van der Waals surface area contributed by atoms with Gasteiger partial charge in [0.1, 0.15) is 5.82 Å². The van der Waals surface area contributed by atoms with Crippen molar-refractivity contribution in [2.45, 2.75) is 12.5 Å². The number of anilines is 1. The molecule has 0 saturated heterocycles. The standard InChI is InChI=1S/C9H14N2O2/c1-9(6-12,7-13)11-8-4-2-3-5-10-8/h2-5,12-13H,6-7H2,1H3,(H,10,11). The monoisotopic (exact) mass is 182 g/mol. The van der Waals surface area contributed by atoms with Gasteiger partial charge in [-0.05, 0) is 19.1 Å². The first kappa shape index (κ1) is 9.95. The normalized spacial score (nSPS) is 11.3. The molecule has 4 heteroatoms. The Bertz CT molecular complexity index is 247. The van der Waals surface area contributed by atoms with Crippen LogP contribution in [-0.4, -0.2) is 33.9 Å². The topological polar surface area (TPSA) is 65.4 Å². The lowest BCUT2D eigenvalue weighted by atomic mass is 10.1. The van der Waals surface area contributed by atoms with Crippen molar-refractivity contribution < 1.29 is 10.2 Å². The molecular weight excluding hydrogens is 168 g/mol. The summed E-state index contributed by atoms with van der Waals surface area (Å²) >= 11 is 0. The molecule has 72 valence electrons. The number of aromatic nitrogens is 1. The maximum absolute atomic E-state index is 9.00. The summed E-state index contributed by atoms with van der Waals surface area (Å²) in [5.74, 6) is 0.646. The van der Waals surface area contributed by atoms with E-state index < -0.39 is 5.54 Å². The predicted molar refractivity (Wildman–Crippen MR) is 50.4 cm³/mol. The van der Waals surface area contributed by atoms with Gasteiger partial charge in [-0.2, -0.15) is 0 Å². The lowest BCUT2D eigenvalue weighted by Crippen LogP contribution is -2.42. The number of hydrogen-bond donors (Lipinski definition) is 3. The van der Waals surface area contributed by atoms with Crippen LogP contribution in [0, 0.1) is 0 Å². The molecule has 0 bridgehead atoms. The van der Waals surface area contributed by atoms with E-state index in [1.54, 1.807) is 25.3 Å². The number of pyridine rings is 1. The number of hydrogen-bond acceptors (Lipinski definition) is 4. The van der Waals surface area contributed by atoms with Crippen LogP contribution in [-0.2, 0) is 0 Å². The summed E-state index contributed by atoms with van der Waals surface area (Å²) in [6.45, 7) is 1.45. The van der Waals surface area contributed by atoms with E-state index in [-0.39, 0.29) is 13.2 Å². The zero-order valence-corrected chi connectivity index (χ0v) is 7.57. The van der Waals surface area contributed by atoms with E-state index in [2.05, 4.69) is 10.3 Å². The largest absolute Gasteiger partial charge is 0.394 e. The summed E-state index contributed by atoms with van der Waals surface area (Å²) < 4.78 is 0. The van der Waals surface area contributed by atoms with Crippen LogP contribution in [0.3, 0.4) is 0 Å². The van der Waals surface area contributed by atoms with Crippen molar-refractivity contribution in [3.8, 4) is 0 Å². The van der Waals surface area contributed by atoms with E-state index in [0.717, 1.165) is 0 Å². The van der Waals surface area contributed by atoms with Crippen molar-refractivity contribution >= 4 is 5.82 Å². The summed E-state index contributed by atoms with van der Waals surface area (Å²) in [5, 5.41) is 20.9. The zero-order valence-electron chi connectivity index (χ0n) is 7.57. The average Bonchev–Trinajstić information content (AvgIpc) is 2.19. The predicted octanol–water partition coefficient (Wildman–Crippen LogP) is 0.237. The van der Waals surface area contributed by atoms with Gasteiger partial charge in [0.25, 0.3) is 0 Å². The van der Waals surface area contributed by atoms with Crippen molar-refractivity contribution in [1.29, 1.82) is 0 Å². The third-order valence-corrected chi connectivity index (χ3v) is 1.79. The van der Waals surface area contributed by atoms with Crippen molar-refractivity contribution in [2.24, 2.45) is 0 Å². The Balaban J connectivity index is 2.68. The summed E-state index contributed by atoms with van der Waals surface area (Å²) in [6, 6.07) is 5.43. The van der Waals surface area contributed by atoms with E-state index in [1.165, 1.54) is 0 Å². The Hall–Kier alpha value is -1.13. The van der Waals surface area contributed by atoms with Crippen molar-refractivity contribution in [3.63, 3.8) is 0 Å². The number of rotatable bonds is 4. The molecule has 1 aromatic heterocycles. The third kappa shape index (κ3) is 2.68. The maximum Gasteiger partial charge on any atom is 0.126 e. The van der Waals surface area contributed by atoms with Gasteiger partial charge in [0.05, 0.1) is 18.8 Å². The Morgan fingerprint density at radius 3 is 2.54 bits per heavy atom. The van der Waals surface area contributed by atoms with Gasteiger partial charge >= 0.3 is 0 Å². The second-order valence-electron chi connectivity index (χ2n) is 3.22. The molecule has 0 fully saturated rings. The van der Waals surface area contributed by atoms with Crippen LogP contribution >= 0.6 is 0 Å². The Morgan fingerprint density at radius 2 is 2.08 bits per heavy atom. The summed E-state index contributed by atoms with van der Waals surface area (Å²) in [7, 11) is 0. The Morgan fingerprint density at radius 1 is 1.38 bits per heavy atom. The molecule has 0 aromatic carbocycles. The average molecular weight is 182 g/mol. The van der Waals surface area contributed by atoms with Gasteiger partial charge in [-0.15, -0.1) is 0 Å². The molecule has 0 aliphatic rings. The first-order valence-electron chi connectivity index (χ1n) is 4.11. The Kier molecular flexibility index (Phi) is 3.22. The lowest BCUT2D eigenvalue weighted by molar-refractivity contribution is 0.147. The first-order valence-corrected chi connectivity index (χ1v) is 4.11. The van der Waals surface area contributed by atoms with E-state index >= 15 is 0 Å². The molecule has 4 nitrogen and oxygen atoms in total. The third-order valence-electron chi connectivity index (χ3n) is 1.79. The highest BCUT2D eigenvalue weighted by Crippen LogP contribution is 2.10. The molecular formula is C9H14N2O2. The van der Waals surface area contributed by atoms with Crippen LogP contribution in [0.4, 0.5) is 5.82 Å². The molecule has 1 aromatic rings. The van der Waals surface area contributed by atoms with Gasteiger partial charge in [0.15, 0.2) is 0 Å². The van der Waals surface area contributed by atoms with Crippen LogP contribution in [0.15, 0.2) is 24.4 Å². The zero-order chi connectivity index (χ0) is 9.73. The van der Waals surface area contributed by atoms with Crippen LogP contribution in [0.25, 0.3) is 0 Å². The molecule has 0 unspecified atom stereocenters. The minimum absolute atomic E-state index is 0.139. The molecule has 0 spiro atoms. The SMILES string of the molecule is CC(CO)(CO)Nc1ccccn1. The van der Waals surface area contributed by atoms with Crippen LogP contribution in [0.1, 0.15) is 6.92 Å². The number of nitrogens with zero attached hydrogens (tertiary/aromatic N) is 1. The highest BCUT2D eigenvalue weighted by Gasteiger charge is 2.21. The minimum Gasteiger partial charge on any atom is -0.394 e.